The Kier molecular flexibility index (Phi) is 5.08. The summed E-state index contributed by atoms with van der Waals surface area (Å²) in [7, 11) is 0. The highest BCUT2D eigenvalue weighted by molar-refractivity contribution is 6.06. The van der Waals surface area contributed by atoms with Crippen molar-refractivity contribution in [2.75, 3.05) is 0 Å². The van der Waals surface area contributed by atoms with E-state index in [9.17, 15) is 0 Å². The quantitative estimate of drug-likeness (QED) is 0.287. The Morgan fingerprint density at radius 3 is 1.34 bits per heavy atom. The highest BCUT2D eigenvalue weighted by Gasteiger charge is 2.42. The normalized spacial score (nSPS) is 15.8. The van der Waals surface area contributed by atoms with Gasteiger partial charge in [0.05, 0.1) is 0 Å². The molecular weight excluding hydrogens is 420 g/mol. The zero-order valence-electron chi connectivity index (χ0n) is 22.0. The van der Waals surface area contributed by atoms with E-state index in [1.54, 1.807) is 22.3 Å². The van der Waals surface area contributed by atoms with Crippen LogP contribution in [0.5, 0.6) is 0 Å². The molecule has 0 aliphatic heterocycles. The minimum atomic E-state index is -0.0933. The van der Waals surface area contributed by atoms with Crippen molar-refractivity contribution in [3.05, 3.63) is 106 Å². The van der Waals surface area contributed by atoms with Gasteiger partial charge in [-0.1, -0.05) is 125 Å². The SMILES string of the molecule is CC(C)C1=C(C(C)(C)C2=C(C(C)C)Cc3ccc4ccccc4c32)c2c(ccc3ccccc23)C1. The third kappa shape index (κ3) is 3.26. The topological polar surface area (TPSA) is 0 Å². The predicted molar refractivity (Wildman–Crippen MR) is 153 cm³/mol. The van der Waals surface area contributed by atoms with Crippen molar-refractivity contribution in [2.24, 2.45) is 17.3 Å². The van der Waals surface area contributed by atoms with Gasteiger partial charge in [-0.25, -0.2) is 0 Å². The van der Waals surface area contributed by atoms with Gasteiger partial charge < -0.3 is 0 Å². The maximum Gasteiger partial charge on any atom is 0.0158 e. The number of benzene rings is 4. The summed E-state index contributed by atoms with van der Waals surface area (Å²) in [5, 5.41) is 5.51. The molecule has 176 valence electrons. The van der Waals surface area contributed by atoms with Crippen LogP contribution in [-0.4, -0.2) is 0 Å². The lowest BCUT2D eigenvalue weighted by atomic mass is 9.68. The molecule has 0 amide bonds. The summed E-state index contributed by atoms with van der Waals surface area (Å²) in [6.07, 6.45) is 2.15. The molecule has 4 aromatic carbocycles. The van der Waals surface area contributed by atoms with Crippen molar-refractivity contribution in [3.8, 4) is 0 Å². The van der Waals surface area contributed by atoms with Crippen molar-refractivity contribution in [1.82, 2.24) is 0 Å². The second-order valence-corrected chi connectivity index (χ2v) is 11.7. The van der Waals surface area contributed by atoms with Crippen molar-refractivity contribution in [1.29, 1.82) is 0 Å². The molecule has 0 aromatic heterocycles. The van der Waals surface area contributed by atoms with E-state index in [2.05, 4.69) is 114 Å². The van der Waals surface area contributed by atoms with Gasteiger partial charge >= 0.3 is 0 Å². The molecule has 6 rings (SSSR count). The summed E-state index contributed by atoms with van der Waals surface area (Å²) in [4.78, 5) is 0. The first-order valence-corrected chi connectivity index (χ1v) is 13.3. The number of hydrogen-bond donors (Lipinski definition) is 0. The zero-order chi connectivity index (χ0) is 24.5. The average molecular weight is 457 g/mol. The smallest absolute Gasteiger partial charge is 0.0158 e. The Morgan fingerprint density at radius 2 is 0.943 bits per heavy atom. The molecule has 0 N–H and O–H groups in total. The van der Waals surface area contributed by atoms with Crippen molar-refractivity contribution in [2.45, 2.75) is 54.4 Å². The largest absolute Gasteiger partial charge is 0.0616 e. The van der Waals surface area contributed by atoms with Crippen LogP contribution in [0.3, 0.4) is 0 Å². The molecular formula is C35H36. The molecule has 2 aliphatic rings. The van der Waals surface area contributed by atoms with Crippen LogP contribution in [0.15, 0.2) is 83.9 Å². The maximum atomic E-state index is 2.51. The summed E-state index contributed by atoms with van der Waals surface area (Å²) in [5.74, 6) is 1.04. The van der Waals surface area contributed by atoms with E-state index in [1.165, 1.54) is 43.8 Å². The minimum Gasteiger partial charge on any atom is -0.0616 e. The fourth-order valence-corrected chi connectivity index (χ4v) is 6.97. The van der Waals surface area contributed by atoms with Gasteiger partial charge in [-0.3, -0.25) is 0 Å². The Hall–Kier alpha value is -3.12. The van der Waals surface area contributed by atoms with Gasteiger partial charge in [-0.2, -0.15) is 0 Å². The molecule has 0 nitrogen and oxygen atoms in total. The molecule has 35 heavy (non-hydrogen) atoms. The highest BCUT2D eigenvalue weighted by atomic mass is 14.5. The van der Waals surface area contributed by atoms with E-state index in [4.69, 9.17) is 0 Å². The third-order valence-electron chi connectivity index (χ3n) is 8.58. The Morgan fingerprint density at radius 1 is 0.543 bits per heavy atom. The van der Waals surface area contributed by atoms with E-state index in [0.717, 1.165) is 12.8 Å². The Balaban J connectivity index is 1.69. The molecule has 0 radical (unpaired) electrons. The lowest BCUT2D eigenvalue weighted by molar-refractivity contribution is 0.638. The fourth-order valence-electron chi connectivity index (χ4n) is 6.97. The van der Waals surface area contributed by atoms with Crippen LogP contribution in [-0.2, 0) is 12.8 Å². The van der Waals surface area contributed by atoms with Crippen molar-refractivity contribution >= 4 is 32.7 Å². The summed E-state index contributed by atoms with van der Waals surface area (Å²) in [6, 6.07) is 27.4. The van der Waals surface area contributed by atoms with Crippen LogP contribution in [0, 0.1) is 17.3 Å². The highest BCUT2D eigenvalue weighted by Crippen LogP contribution is 2.58. The van der Waals surface area contributed by atoms with Crippen LogP contribution in [0.4, 0.5) is 0 Å². The molecule has 0 atom stereocenters. The van der Waals surface area contributed by atoms with Crippen molar-refractivity contribution in [3.63, 3.8) is 0 Å². The molecule has 0 saturated carbocycles. The number of rotatable bonds is 4. The second kappa shape index (κ2) is 7.95. The van der Waals surface area contributed by atoms with Gasteiger partial charge in [0.25, 0.3) is 0 Å². The molecule has 0 heterocycles. The standard InChI is InChI=1S/C35H36/c1-21(2)29-19-25-17-15-23-11-7-9-13-27(23)31(25)33(29)35(5,6)34-30(22(3)4)20-26-18-16-24-12-8-10-14-28(24)32(26)34/h7-18,21-22H,19-20H2,1-6H3. The van der Waals surface area contributed by atoms with E-state index >= 15 is 0 Å². The predicted octanol–water partition coefficient (Wildman–Crippen LogP) is 9.65. The van der Waals surface area contributed by atoms with Gasteiger partial charge in [0.1, 0.15) is 0 Å². The molecule has 2 aliphatic carbocycles. The maximum absolute atomic E-state index is 2.51. The molecule has 0 fully saturated rings. The van der Waals surface area contributed by atoms with Crippen molar-refractivity contribution < 1.29 is 0 Å². The van der Waals surface area contributed by atoms with Gasteiger partial charge in [-0.15, -0.1) is 0 Å². The van der Waals surface area contributed by atoms with E-state index in [-0.39, 0.29) is 5.41 Å². The van der Waals surface area contributed by atoms with Gasteiger partial charge in [-0.05, 0) is 79.6 Å². The van der Waals surface area contributed by atoms with E-state index in [1.807, 2.05) is 0 Å². The van der Waals surface area contributed by atoms with Gasteiger partial charge in [0, 0.05) is 5.41 Å². The molecule has 0 unspecified atom stereocenters. The molecule has 0 spiro atoms. The molecule has 4 aromatic rings. The van der Waals surface area contributed by atoms with Gasteiger partial charge in [0.2, 0.25) is 0 Å². The Bertz CT molecular complexity index is 1430. The average Bonchev–Trinajstić information content (AvgIpc) is 3.45. The molecule has 0 heteroatoms. The summed E-state index contributed by atoms with van der Waals surface area (Å²) in [6.45, 7) is 14.6. The first-order valence-electron chi connectivity index (χ1n) is 13.3. The van der Waals surface area contributed by atoms with Crippen LogP contribution in [0.2, 0.25) is 0 Å². The lowest BCUT2D eigenvalue weighted by Gasteiger charge is -2.35. The van der Waals surface area contributed by atoms with E-state index < -0.39 is 0 Å². The summed E-state index contributed by atoms with van der Waals surface area (Å²) in [5.41, 5.74) is 12.3. The molecule has 0 saturated heterocycles. The third-order valence-corrected chi connectivity index (χ3v) is 8.58. The molecule has 0 bridgehead atoms. The summed E-state index contributed by atoms with van der Waals surface area (Å²) < 4.78 is 0. The summed E-state index contributed by atoms with van der Waals surface area (Å²) >= 11 is 0. The number of allylic oxidation sites excluding steroid dienone is 4. The van der Waals surface area contributed by atoms with Gasteiger partial charge in [0.15, 0.2) is 0 Å². The number of fused-ring (bicyclic) bond motifs is 6. The lowest BCUT2D eigenvalue weighted by Crippen LogP contribution is -2.19. The van der Waals surface area contributed by atoms with Crippen LogP contribution in [0.25, 0.3) is 32.7 Å². The zero-order valence-corrected chi connectivity index (χ0v) is 22.0. The number of hydrogen-bond acceptors (Lipinski definition) is 0. The first kappa shape index (κ1) is 22.4. The van der Waals surface area contributed by atoms with Crippen LogP contribution in [0.1, 0.15) is 63.8 Å². The first-order chi connectivity index (χ1) is 16.8. The fraction of sp³-hybridized carbons (Fsp3) is 0.314. The van der Waals surface area contributed by atoms with E-state index in [0.29, 0.717) is 11.8 Å². The van der Waals surface area contributed by atoms with Crippen LogP contribution >= 0.6 is 0 Å². The second-order valence-electron chi connectivity index (χ2n) is 11.7. The van der Waals surface area contributed by atoms with Crippen LogP contribution < -0.4 is 0 Å². The minimum absolute atomic E-state index is 0.0933. The Labute approximate surface area is 210 Å². The monoisotopic (exact) mass is 456 g/mol.